The molecule has 8 nitrogen and oxygen atoms in total. The molecule has 2 aliphatic heterocycles. The number of nitrogens with zero attached hydrogens (tertiary/aromatic N) is 1. The molecule has 2 aromatic carbocycles. The number of rotatable bonds is 6. The summed E-state index contributed by atoms with van der Waals surface area (Å²) in [5.41, 5.74) is -1.41. The molecule has 2 amide bonds. The third kappa shape index (κ3) is 4.94. The number of amides is 2. The molecule has 3 atom stereocenters. The zero-order valence-electron chi connectivity index (χ0n) is 19.9. The molecule has 14 heteroatoms. The second-order valence-corrected chi connectivity index (χ2v) is 11.2. The molecule has 3 aromatic rings. The Morgan fingerprint density at radius 3 is 2.59 bits per heavy atom. The highest BCUT2D eigenvalue weighted by Gasteiger charge is 2.57. The first-order valence-corrected chi connectivity index (χ1v) is 13.6. The number of carbonyl (C=O) groups is 3. The van der Waals surface area contributed by atoms with Crippen molar-refractivity contribution in [1.29, 1.82) is 0 Å². The van der Waals surface area contributed by atoms with Gasteiger partial charge in [-0.2, -0.15) is 13.2 Å². The number of para-hydroxylation sites is 1. The Hall–Kier alpha value is -3.29. The Morgan fingerprint density at radius 2 is 1.87 bits per heavy atom. The lowest BCUT2D eigenvalue weighted by Gasteiger charge is -2.31. The van der Waals surface area contributed by atoms with E-state index in [1.54, 1.807) is 6.92 Å². The summed E-state index contributed by atoms with van der Waals surface area (Å²) in [5.74, 6) is -4.38. The van der Waals surface area contributed by atoms with E-state index in [0.29, 0.717) is 20.4 Å². The first kappa shape index (κ1) is 27.3. The van der Waals surface area contributed by atoms with Crippen LogP contribution in [0.1, 0.15) is 28.8 Å². The van der Waals surface area contributed by atoms with Crippen molar-refractivity contribution in [3.63, 3.8) is 0 Å². The highest BCUT2D eigenvalue weighted by molar-refractivity contribution is 8.00. The van der Waals surface area contributed by atoms with Gasteiger partial charge in [-0.15, -0.1) is 0 Å². The van der Waals surface area contributed by atoms with Crippen LogP contribution in [0.5, 0.6) is 5.75 Å². The van der Waals surface area contributed by atoms with Gasteiger partial charge in [-0.05, 0) is 37.3 Å². The van der Waals surface area contributed by atoms with E-state index in [0.717, 1.165) is 35.2 Å². The summed E-state index contributed by atoms with van der Waals surface area (Å²) in [6.07, 6.45) is -4.82. The van der Waals surface area contributed by atoms with Crippen molar-refractivity contribution in [2.45, 2.75) is 29.3 Å². The molecule has 204 valence electrons. The number of alkyl halides is 3. The van der Waals surface area contributed by atoms with Crippen LogP contribution in [0.3, 0.4) is 0 Å². The van der Waals surface area contributed by atoms with E-state index in [4.69, 9.17) is 21.1 Å². The Labute approximate surface area is 232 Å². The monoisotopic (exact) mass is 598 g/mol. The Morgan fingerprint density at radius 1 is 1.13 bits per heavy atom. The molecule has 0 saturated carbocycles. The zero-order chi connectivity index (χ0) is 28.1. The molecule has 2 aliphatic rings. The van der Waals surface area contributed by atoms with E-state index in [-0.39, 0.29) is 17.4 Å². The third-order valence-corrected chi connectivity index (χ3v) is 8.87. The van der Waals surface area contributed by atoms with Crippen molar-refractivity contribution in [3.8, 4) is 5.75 Å². The van der Waals surface area contributed by atoms with Crippen molar-refractivity contribution >= 4 is 58.2 Å². The minimum Gasteiger partial charge on any atom is -0.482 e. The van der Waals surface area contributed by atoms with Crippen LogP contribution in [0.25, 0.3) is 0 Å². The van der Waals surface area contributed by atoms with E-state index >= 15 is 0 Å². The summed E-state index contributed by atoms with van der Waals surface area (Å²) in [7, 11) is 0. The molecule has 0 aliphatic carbocycles. The molecule has 0 radical (unpaired) electrons. The van der Waals surface area contributed by atoms with Crippen molar-refractivity contribution in [2.24, 2.45) is 5.92 Å². The van der Waals surface area contributed by atoms with Crippen LogP contribution in [-0.4, -0.2) is 41.2 Å². The summed E-state index contributed by atoms with van der Waals surface area (Å²) in [5, 5.41) is -0.582. The van der Waals surface area contributed by atoms with E-state index in [2.05, 4.69) is 4.98 Å². The largest absolute Gasteiger partial charge is 0.482 e. The quantitative estimate of drug-likeness (QED) is 0.319. The molecule has 0 bridgehead atoms. The predicted octanol–water partition coefficient (Wildman–Crippen LogP) is 4.85. The fourth-order valence-electron chi connectivity index (χ4n) is 4.73. The second-order valence-electron chi connectivity index (χ2n) is 8.55. The number of esters is 1. The molecule has 1 N–H and O–H groups in total. The van der Waals surface area contributed by atoms with Gasteiger partial charge in [0.15, 0.2) is 6.61 Å². The molecule has 0 spiro atoms. The van der Waals surface area contributed by atoms with Crippen LogP contribution >= 0.6 is 34.7 Å². The summed E-state index contributed by atoms with van der Waals surface area (Å²) >= 11 is 8.01. The maximum Gasteiger partial charge on any atom is 0.418 e. The number of hydrogen-bond donors (Lipinski definition) is 1. The average molecular weight is 599 g/mol. The van der Waals surface area contributed by atoms with Gasteiger partial charge in [0.05, 0.1) is 28.8 Å². The van der Waals surface area contributed by atoms with Gasteiger partial charge in [-0.1, -0.05) is 46.8 Å². The minimum absolute atomic E-state index is 0.131. The zero-order valence-corrected chi connectivity index (χ0v) is 22.3. The lowest BCUT2D eigenvalue weighted by Crippen LogP contribution is -2.33. The molecule has 1 saturated heterocycles. The molecule has 3 unspecified atom stereocenters. The second kappa shape index (κ2) is 10.4. The molecule has 39 heavy (non-hydrogen) atoms. The van der Waals surface area contributed by atoms with Crippen molar-refractivity contribution in [2.75, 3.05) is 18.1 Å². The number of carbonyl (C=O) groups excluding carboxylic acids is 3. The van der Waals surface area contributed by atoms with Gasteiger partial charge in [0.2, 0.25) is 11.8 Å². The van der Waals surface area contributed by atoms with Crippen molar-refractivity contribution in [1.82, 2.24) is 4.98 Å². The topological polar surface area (TPSA) is 106 Å². The number of nitrogens with one attached hydrogen (secondary N) is 1. The number of ether oxygens (including phenoxy) is 2. The summed E-state index contributed by atoms with van der Waals surface area (Å²) in [6, 6.07) is 8.80. The van der Waals surface area contributed by atoms with Crippen LogP contribution < -0.4 is 14.5 Å². The van der Waals surface area contributed by atoms with E-state index < -0.39 is 63.8 Å². The summed E-state index contributed by atoms with van der Waals surface area (Å²) in [6.45, 7) is 1.30. The van der Waals surface area contributed by atoms with E-state index in [1.807, 2.05) is 0 Å². The third-order valence-electron chi connectivity index (χ3n) is 6.23. The molecule has 1 aromatic heterocycles. The molecular weight excluding hydrogens is 581 g/mol. The maximum atomic E-state index is 13.9. The lowest BCUT2D eigenvalue weighted by molar-refractivity contribution is -0.145. The Kier molecular flexibility index (Phi) is 7.25. The van der Waals surface area contributed by atoms with Crippen LogP contribution in [-0.2, 0) is 25.3 Å². The van der Waals surface area contributed by atoms with Crippen LogP contribution in [0.15, 0.2) is 52.3 Å². The van der Waals surface area contributed by atoms with Gasteiger partial charge in [-0.3, -0.25) is 14.4 Å². The van der Waals surface area contributed by atoms with Crippen LogP contribution in [0, 0.1) is 5.92 Å². The predicted molar refractivity (Wildman–Crippen MR) is 137 cm³/mol. The van der Waals surface area contributed by atoms with Gasteiger partial charge in [-0.25, -0.2) is 9.69 Å². The van der Waals surface area contributed by atoms with Crippen LogP contribution in [0.2, 0.25) is 5.02 Å². The molecule has 5 rings (SSSR count). The average Bonchev–Trinajstić information content (AvgIpc) is 3.37. The number of benzene rings is 2. The number of aromatic amines is 1. The number of halogens is 4. The highest BCUT2D eigenvalue weighted by Crippen LogP contribution is 2.55. The van der Waals surface area contributed by atoms with Gasteiger partial charge in [0.1, 0.15) is 11.0 Å². The summed E-state index contributed by atoms with van der Waals surface area (Å²) < 4.78 is 52.0. The molecule has 3 heterocycles. The SMILES string of the molecule is CCOC(=O)COc1ccc(Cl)cc1C1c2sc(=O)[nH]c2SC2C(=O)N(c3ccccc3C(F)(F)F)C(=O)C21. The number of imide groups is 1. The summed E-state index contributed by atoms with van der Waals surface area (Å²) in [4.78, 5) is 54.9. The Bertz CT molecular complexity index is 1540. The number of thiazole rings is 1. The number of aromatic nitrogens is 1. The normalized spacial score (nSPS) is 20.5. The van der Waals surface area contributed by atoms with Crippen molar-refractivity contribution in [3.05, 3.63) is 73.2 Å². The first-order valence-electron chi connectivity index (χ1n) is 11.5. The number of thioether (sulfide) groups is 1. The first-order chi connectivity index (χ1) is 18.5. The van der Waals surface area contributed by atoms with Crippen molar-refractivity contribution < 1.29 is 37.0 Å². The van der Waals surface area contributed by atoms with Gasteiger partial charge in [0, 0.05) is 21.4 Å². The lowest BCUT2D eigenvalue weighted by atomic mass is 9.82. The minimum atomic E-state index is -4.82. The number of anilines is 1. The highest BCUT2D eigenvalue weighted by atomic mass is 35.5. The standard InChI is InChI=1S/C25H18ClF3N2O6S2/c1-2-36-16(32)10-37-15-8-7-11(26)9-12(15)17-18-20(38-21-19(17)39-24(35)30-21)23(34)31(22(18)33)14-6-4-3-5-13(14)25(27,28)29/h3-9,17-18,20H,2,10H2,1H3,(H,30,35). The Balaban J connectivity index is 1.64. The molecular formula is C25H18ClF3N2O6S2. The number of fused-ring (bicyclic) bond motifs is 2. The van der Waals surface area contributed by atoms with Gasteiger partial charge < -0.3 is 14.5 Å². The van der Waals surface area contributed by atoms with E-state index in [9.17, 15) is 32.3 Å². The number of hydrogen-bond acceptors (Lipinski definition) is 8. The smallest absolute Gasteiger partial charge is 0.418 e. The van der Waals surface area contributed by atoms with E-state index in [1.165, 1.54) is 30.3 Å². The van der Waals surface area contributed by atoms with Gasteiger partial charge >= 0.3 is 17.0 Å². The maximum absolute atomic E-state index is 13.9. The fraction of sp³-hybridized carbons (Fsp3) is 0.280. The number of H-pyrrole nitrogens is 1. The van der Waals surface area contributed by atoms with Crippen LogP contribution in [0.4, 0.5) is 18.9 Å². The fourth-order valence-corrected chi connectivity index (χ4v) is 7.42. The van der Waals surface area contributed by atoms with Gasteiger partial charge in [0.25, 0.3) is 0 Å². The molecule has 1 fully saturated rings.